The normalized spacial score (nSPS) is 21.6. The monoisotopic (exact) mass is 277 g/mol. The van der Waals surface area contributed by atoms with Crippen LogP contribution < -0.4 is 5.73 Å². The average molecular weight is 277 g/mol. The lowest BCUT2D eigenvalue weighted by Crippen LogP contribution is -2.44. The summed E-state index contributed by atoms with van der Waals surface area (Å²) in [5.74, 6) is 0.601. The predicted molar refractivity (Wildman–Crippen MR) is 77.5 cm³/mol. The number of nitrogens with zero attached hydrogens (tertiary/aromatic N) is 4. The average Bonchev–Trinajstić information content (AvgIpc) is 3.16. The number of aliphatic imine (C=N–C) groups is 1. The molecule has 6 nitrogen and oxygen atoms in total. The number of aromatic nitrogens is 2. The van der Waals surface area contributed by atoms with Crippen molar-refractivity contribution in [3.05, 3.63) is 18.0 Å². The number of hydrogen-bond donors (Lipinski definition) is 1. The van der Waals surface area contributed by atoms with Crippen molar-refractivity contribution in [2.75, 3.05) is 26.3 Å². The Kier molecular flexibility index (Phi) is 4.20. The van der Waals surface area contributed by atoms with Crippen molar-refractivity contribution in [3.8, 4) is 0 Å². The lowest BCUT2D eigenvalue weighted by Gasteiger charge is -2.27. The van der Waals surface area contributed by atoms with Gasteiger partial charge in [-0.05, 0) is 18.9 Å². The van der Waals surface area contributed by atoms with Gasteiger partial charge in [-0.3, -0.25) is 4.68 Å². The summed E-state index contributed by atoms with van der Waals surface area (Å²) < 4.78 is 7.41. The van der Waals surface area contributed by atoms with Gasteiger partial charge in [-0.25, -0.2) is 4.99 Å². The molecule has 1 aromatic rings. The fourth-order valence-corrected chi connectivity index (χ4v) is 2.89. The minimum Gasteiger partial charge on any atom is -0.378 e. The number of guanidine groups is 1. The molecule has 0 radical (unpaired) electrons. The van der Waals surface area contributed by atoms with E-state index in [1.165, 1.54) is 25.7 Å². The molecule has 0 amide bonds. The molecule has 1 aromatic heterocycles. The van der Waals surface area contributed by atoms with Gasteiger partial charge in [0.2, 0.25) is 0 Å². The Labute approximate surface area is 119 Å². The van der Waals surface area contributed by atoms with E-state index < -0.39 is 0 Å². The van der Waals surface area contributed by atoms with Gasteiger partial charge in [-0.1, -0.05) is 12.8 Å². The molecule has 0 atom stereocenters. The maximum Gasteiger partial charge on any atom is 0.191 e. The standard InChI is InChI=1S/C14H23N5O/c15-14(18-7-9-20-10-8-18)16-11-12-5-6-19(17-12)13-3-1-2-4-13/h5-6,13H,1-4,7-11H2,(H2,15,16). The predicted octanol–water partition coefficient (Wildman–Crippen LogP) is 1.15. The molecule has 1 aliphatic carbocycles. The topological polar surface area (TPSA) is 68.7 Å². The Bertz CT molecular complexity index is 458. The molecular formula is C14H23N5O. The van der Waals surface area contributed by atoms with Crippen LogP contribution in [0.2, 0.25) is 0 Å². The fourth-order valence-electron chi connectivity index (χ4n) is 2.89. The van der Waals surface area contributed by atoms with Gasteiger partial charge in [0, 0.05) is 19.3 Å². The van der Waals surface area contributed by atoms with Crippen LogP contribution in [0.4, 0.5) is 0 Å². The summed E-state index contributed by atoms with van der Waals surface area (Å²) in [6.45, 7) is 3.67. The zero-order chi connectivity index (χ0) is 13.8. The minimum atomic E-state index is 0.558. The molecule has 0 spiro atoms. The van der Waals surface area contributed by atoms with Crippen LogP contribution in [0, 0.1) is 0 Å². The Morgan fingerprint density at radius 3 is 2.85 bits per heavy atom. The van der Waals surface area contributed by atoms with Gasteiger partial charge in [0.15, 0.2) is 5.96 Å². The quantitative estimate of drug-likeness (QED) is 0.664. The van der Waals surface area contributed by atoms with Crippen molar-refractivity contribution < 1.29 is 4.74 Å². The molecular weight excluding hydrogens is 254 g/mol. The van der Waals surface area contributed by atoms with E-state index in [2.05, 4.69) is 31.9 Å². The van der Waals surface area contributed by atoms with E-state index in [1.807, 2.05) is 0 Å². The van der Waals surface area contributed by atoms with E-state index in [1.54, 1.807) is 0 Å². The lowest BCUT2D eigenvalue weighted by atomic mass is 10.3. The van der Waals surface area contributed by atoms with Gasteiger partial charge in [0.05, 0.1) is 31.5 Å². The summed E-state index contributed by atoms with van der Waals surface area (Å²) in [4.78, 5) is 6.51. The van der Waals surface area contributed by atoms with Gasteiger partial charge < -0.3 is 15.4 Å². The first-order valence-electron chi connectivity index (χ1n) is 7.49. The highest BCUT2D eigenvalue weighted by Gasteiger charge is 2.17. The maximum atomic E-state index is 6.01. The van der Waals surface area contributed by atoms with E-state index >= 15 is 0 Å². The van der Waals surface area contributed by atoms with E-state index in [-0.39, 0.29) is 0 Å². The van der Waals surface area contributed by atoms with Crippen molar-refractivity contribution in [3.63, 3.8) is 0 Å². The molecule has 20 heavy (non-hydrogen) atoms. The maximum absolute atomic E-state index is 6.01. The van der Waals surface area contributed by atoms with Gasteiger partial charge in [-0.2, -0.15) is 5.10 Å². The van der Waals surface area contributed by atoms with E-state index in [0.29, 0.717) is 18.5 Å². The molecule has 3 rings (SSSR count). The van der Waals surface area contributed by atoms with Crippen LogP contribution in [0.1, 0.15) is 37.4 Å². The van der Waals surface area contributed by atoms with Crippen LogP contribution in [-0.2, 0) is 11.3 Å². The molecule has 2 heterocycles. The van der Waals surface area contributed by atoms with Crippen LogP contribution >= 0.6 is 0 Å². The lowest BCUT2D eigenvalue weighted by molar-refractivity contribution is 0.0674. The first kappa shape index (κ1) is 13.4. The summed E-state index contributed by atoms with van der Waals surface area (Å²) in [5, 5.41) is 4.62. The second kappa shape index (κ2) is 6.26. The Morgan fingerprint density at radius 2 is 2.10 bits per heavy atom. The van der Waals surface area contributed by atoms with Gasteiger partial charge in [0.1, 0.15) is 0 Å². The molecule has 1 aliphatic heterocycles. The van der Waals surface area contributed by atoms with Crippen molar-refractivity contribution in [1.29, 1.82) is 0 Å². The third-order valence-electron chi connectivity index (χ3n) is 4.10. The van der Waals surface area contributed by atoms with Crippen molar-refractivity contribution >= 4 is 5.96 Å². The van der Waals surface area contributed by atoms with Crippen LogP contribution in [0.15, 0.2) is 17.3 Å². The van der Waals surface area contributed by atoms with Crippen LogP contribution in [-0.4, -0.2) is 46.9 Å². The zero-order valence-electron chi connectivity index (χ0n) is 11.9. The van der Waals surface area contributed by atoms with E-state index in [9.17, 15) is 0 Å². The van der Waals surface area contributed by atoms with Crippen LogP contribution in [0.3, 0.4) is 0 Å². The highest BCUT2D eigenvalue weighted by atomic mass is 16.5. The Morgan fingerprint density at radius 1 is 1.35 bits per heavy atom. The molecule has 0 bridgehead atoms. The summed E-state index contributed by atoms with van der Waals surface area (Å²) in [6, 6.07) is 2.64. The molecule has 110 valence electrons. The minimum absolute atomic E-state index is 0.558. The first-order valence-corrected chi connectivity index (χ1v) is 7.49. The molecule has 1 saturated heterocycles. The van der Waals surface area contributed by atoms with E-state index in [0.717, 1.165) is 32.0 Å². The Balaban J connectivity index is 1.57. The molecule has 2 N–H and O–H groups in total. The molecule has 2 fully saturated rings. The van der Waals surface area contributed by atoms with Crippen LogP contribution in [0.5, 0.6) is 0 Å². The largest absolute Gasteiger partial charge is 0.378 e. The second-order valence-electron chi connectivity index (χ2n) is 5.50. The zero-order valence-corrected chi connectivity index (χ0v) is 11.9. The fraction of sp³-hybridized carbons (Fsp3) is 0.714. The van der Waals surface area contributed by atoms with Gasteiger partial charge in [0.25, 0.3) is 0 Å². The Hall–Kier alpha value is -1.56. The number of ether oxygens (including phenoxy) is 1. The van der Waals surface area contributed by atoms with Crippen molar-refractivity contribution in [2.45, 2.75) is 38.3 Å². The number of morpholine rings is 1. The number of hydrogen-bond acceptors (Lipinski definition) is 3. The molecule has 0 unspecified atom stereocenters. The van der Waals surface area contributed by atoms with Gasteiger partial charge in [-0.15, -0.1) is 0 Å². The molecule has 0 aromatic carbocycles. The number of rotatable bonds is 3. The molecule has 1 saturated carbocycles. The van der Waals surface area contributed by atoms with Gasteiger partial charge >= 0.3 is 0 Å². The first-order chi connectivity index (χ1) is 9.83. The summed E-state index contributed by atoms with van der Waals surface area (Å²) >= 11 is 0. The summed E-state index contributed by atoms with van der Waals surface area (Å²) in [6.07, 6.45) is 7.22. The SMILES string of the molecule is NC(=NCc1ccn(C2CCCC2)n1)N1CCOCC1. The summed E-state index contributed by atoms with van der Waals surface area (Å²) in [5.41, 5.74) is 7.00. The third-order valence-corrected chi connectivity index (χ3v) is 4.10. The smallest absolute Gasteiger partial charge is 0.191 e. The van der Waals surface area contributed by atoms with Crippen molar-refractivity contribution in [2.24, 2.45) is 10.7 Å². The van der Waals surface area contributed by atoms with E-state index in [4.69, 9.17) is 10.5 Å². The molecule has 2 aliphatic rings. The third kappa shape index (κ3) is 3.12. The van der Waals surface area contributed by atoms with Crippen molar-refractivity contribution in [1.82, 2.24) is 14.7 Å². The highest BCUT2D eigenvalue weighted by Crippen LogP contribution is 2.28. The highest BCUT2D eigenvalue weighted by molar-refractivity contribution is 5.78. The molecule has 6 heteroatoms. The number of nitrogens with two attached hydrogens (primary N) is 1. The summed E-state index contributed by atoms with van der Waals surface area (Å²) in [7, 11) is 0. The second-order valence-corrected chi connectivity index (χ2v) is 5.50. The van der Waals surface area contributed by atoms with Crippen LogP contribution in [0.25, 0.3) is 0 Å².